The summed E-state index contributed by atoms with van der Waals surface area (Å²) in [6.07, 6.45) is 4.65. The van der Waals surface area contributed by atoms with Gasteiger partial charge in [-0.2, -0.15) is 0 Å². The number of carbonyl (C=O) groups is 1. The summed E-state index contributed by atoms with van der Waals surface area (Å²) in [4.78, 5) is 11.1. The number of hydrogen-bond acceptors (Lipinski definition) is 5. The van der Waals surface area contributed by atoms with E-state index >= 15 is 0 Å². The minimum atomic E-state index is -3.76. The lowest BCUT2D eigenvalue weighted by Crippen LogP contribution is -2.25. The van der Waals surface area contributed by atoms with Crippen LogP contribution in [0.2, 0.25) is 0 Å². The molecule has 25 heavy (non-hydrogen) atoms. The van der Waals surface area contributed by atoms with E-state index in [2.05, 4.69) is 0 Å². The Kier molecular flexibility index (Phi) is 6.70. The van der Waals surface area contributed by atoms with E-state index in [1.807, 2.05) is 6.92 Å². The molecule has 0 aliphatic heterocycles. The van der Waals surface area contributed by atoms with Crippen LogP contribution in [0.4, 0.5) is 0 Å². The maximum absolute atomic E-state index is 12.9. The molecule has 1 atom stereocenters. The summed E-state index contributed by atoms with van der Waals surface area (Å²) in [5, 5.41) is 8.10. The molecule has 1 aromatic rings. The van der Waals surface area contributed by atoms with E-state index in [4.69, 9.17) is 14.6 Å². The van der Waals surface area contributed by atoms with E-state index in [0.29, 0.717) is 24.3 Å². The third-order valence-electron chi connectivity index (χ3n) is 4.51. The van der Waals surface area contributed by atoms with Gasteiger partial charge in [-0.15, -0.1) is 0 Å². The molecule has 1 aliphatic carbocycles. The van der Waals surface area contributed by atoms with Gasteiger partial charge in [-0.1, -0.05) is 13.3 Å². The van der Waals surface area contributed by atoms with Gasteiger partial charge in [0.2, 0.25) is 0 Å². The molecule has 1 aromatic carbocycles. The number of carboxylic acid groups (broad SMARTS) is 1. The van der Waals surface area contributed by atoms with E-state index in [0.717, 1.165) is 25.7 Å². The van der Waals surface area contributed by atoms with Crippen LogP contribution in [0.15, 0.2) is 23.1 Å². The zero-order valence-corrected chi connectivity index (χ0v) is 15.5. The lowest BCUT2D eigenvalue weighted by Gasteiger charge is -2.19. The van der Waals surface area contributed by atoms with Gasteiger partial charge in [0.25, 0.3) is 0 Å². The fraction of sp³-hybridized carbons (Fsp3) is 0.611. The van der Waals surface area contributed by atoms with E-state index < -0.39 is 27.5 Å². The molecular weight excluding hydrogens is 344 g/mol. The Balaban J connectivity index is 2.33. The predicted molar refractivity (Wildman–Crippen MR) is 94.0 cm³/mol. The number of methoxy groups -OCH3 is 1. The fourth-order valence-corrected chi connectivity index (χ4v) is 5.01. The largest absolute Gasteiger partial charge is 0.493 e. The van der Waals surface area contributed by atoms with Gasteiger partial charge in [0.1, 0.15) is 0 Å². The van der Waals surface area contributed by atoms with Crippen LogP contribution in [0.25, 0.3) is 0 Å². The molecule has 0 aromatic heterocycles. The molecule has 1 fully saturated rings. The first kappa shape index (κ1) is 19.6. The fourth-order valence-electron chi connectivity index (χ4n) is 3.19. The van der Waals surface area contributed by atoms with E-state index in [-0.39, 0.29) is 11.0 Å². The van der Waals surface area contributed by atoms with Crippen molar-refractivity contribution >= 4 is 15.8 Å². The molecule has 0 radical (unpaired) electrons. The molecule has 0 bridgehead atoms. The van der Waals surface area contributed by atoms with Crippen molar-refractivity contribution in [1.29, 1.82) is 0 Å². The second-order valence-corrected chi connectivity index (χ2v) is 8.62. The average Bonchev–Trinajstić information content (AvgIpc) is 3.07. The lowest BCUT2D eigenvalue weighted by molar-refractivity contribution is -0.137. The van der Waals surface area contributed by atoms with Crippen molar-refractivity contribution in [2.24, 2.45) is 0 Å². The normalized spacial score (nSPS) is 16.6. The zero-order chi connectivity index (χ0) is 18.4. The van der Waals surface area contributed by atoms with Crippen LogP contribution in [-0.4, -0.2) is 38.0 Å². The Morgan fingerprint density at radius 1 is 1.28 bits per heavy atom. The standard InChI is InChI=1S/C18H26O6S/c1-3-6-14(12-18(19)20)25(21,22)15-9-10-16(23-2)17(11-15)24-13-7-4-5-8-13/h9-11,13-14H,3-8,12H2,1-2H3,(H,19,20). The molecule has 6 nitrogen and oxygen atoms in total. The number of benzene rings is 1. The Labute approximate surface area is 149 Å². The molecule has 0 heterocycles. The quantitative estimate of drug-likeness (QED) is 0.716. The highest BCUT2D eigenvalue weighted by atomic mass is 32.2. The van der Waals surface area contributed by atoms with Crippen LogP contribution in [-0.2, 0) is 14.6 Å². The maximum Gasteiger partial charge on any atom is 0.304 e. The summed E-state index contributed by atoms with van der Waals surface area (Å²) in [6.45, 7) is 1.84. The minimum Gasteiger partial charge on any atom is -0.493 e. The molecule has 0 saturated heterocycles. The monoisotopic (exact) mass is 370 g/mol. The van der Waals surface area contributed by atoms with E-state index in [1.165, 1.54) is 19.2 Å². The first-order chi connectivity index (χ1) is 11.9. The number of sulfone groups is 1. The van der Waals surface area contributed by atoms with Gasteiger partial charge in [-0.25, -0.2) is 8.42 Å². The molecule has 1 aliphatic rings. The van der Waals surface area contributed by atoms with Crippen molar-refractivity contribution in [1.82, 2.24) is 0 Å². The Morgan fingerprint density at radius 3 is 2.52 bits per heavy atom. The van der Waals surface area contributed by atoms with Crippen molar-refractivity contribution in [3.8, 4) is 11.5 Å². The highest BCUT2D eigenvalue weighted by molar-refractivity contribution is 7.92. The van der Waals surface area contributed by atoms with Crippen LogP contribution >= 0.6 is 0 Å². The molecule has 0 amide bonds. The second-order valence-electron chi connectivity index (χ2n) is 6.39. The van der Waals surface area contributed by atoms with Gasteiger partial charge >= 0.3 is 5.97 Å². The number of carboxylic acids is 1. The molecule has 2 rings (SSSR count). The first-order valence-corrected chi connectivity index (χ1v) is 10.2. The van der Waals surface area contributed by atoms with Gasteiger partial charge < -0.3 is 14.6 Å². The molecule has 0 spiro atoms. The van der Waals surface area contributed by atoms with Crippen molar-refractivity contribution in [2.45, 2.75) is 68.1 Å². The summed E-state index contributed by atoms with van der Waals surface area (Å²) in [5.74, 6) is -0.227. The Morgan fingerprint density at radius 2 is 1.96 bits per heavy atom. The van der Waals surface area contributed by atoms with Crippen LogP contribution < -0.4 is 9.47 Å². The van der Waals surface area contributed by atoms with Crippen LogP contribution in [0.1, 0.15) is 51.9 Å². The predicted octanol–water partition coefficient (Wildman–Crippen LogP) is 3.43. The first-order valence-electron chi connectivity index (χ1n) is 8.68. The molecule has 1 unspecified atom stereocenters. The molecule has 7 heteroatoms. The van der Waals surface area contributed by atoms with Crippen molar-refractivity contribution in [3.05, 3.63) is 18.2 Å². The molecular formula is C18H26O6S. The summed E-state index contributed by atoms with van der Waals surface area (Å²) in [7, 11) is -2.25. The summed E-state index contributed by atoms with van der Waals surface area (Å²) < 4.78 is 37.0. The van der Waals surface area contributed by atoms with E-state index in [9.17, 15) is 13.2 Å². The summed E-state index contributed by atoms with van der Waals surface area (Å²) in [6, 6.07) is 4.50. The Hall–Kier alpha value is -1.76. The highest BCUT2D eigenvalue weighted by Gasteiger charge is 2.30. The second kappa shape index (κ2) is 8.56. The average molecular weight is 370 g/mol. The van der Waals surface area contributed by atoms with Crippen molar-refractivity contribution in [2.75, 3.05) is 7.11 Å². The van der Waals surface area contributed by atoms with Crippen LogP contribution in [0.5, 0.6) is 11.5 Å². The van der Waals surface area contributed by atoms with Crippen LogP contribution in [0.3, 0.4) is 0 Å². The maximum atomic E-state index is 12.9. The topological polar surface area (TPSA) is 89.9 Å². The smallest absolute Gasteiger partial charge is 0.304 e. The van der Waals surface area contributed by atoms with Crippen LogP contribution in [0, 0.1) is 0 Å². The number of rotatable bonds is 9. The SMILES string of the molecule is CCCC(CC(=O)O)S(=O)(=O)c1ccc(OC)c(OC2CCCC2)c1. The van der Waals surface area contributed by atoms with Gasteiger partial charge in [-0.05, 0) is 44.2 Å². The van der Waals surface area contributed by atoms with Crippen molar-refractivity contribution < 1.29 is 27.8 Å². The lowest BCUT2D eigenvalue weighted by atomic mass is 10.2. The molecule has 1 N–H and O–H groups in total. The molecule has 140 valence electrons. The summed E-state index contributed by atoms with van der Waals surface area (Å²) in [5.41, 5.74) is 0. The zero-order valence-electron chi connectivity index (χ0n) is 14.7. The third-order valence-corrected chi connectivity index (χ3v) is 6.70. The van der Waals surface area contributed by atoms with E-state index in [1.54, 1.807) is 6.07 Å². The summed E-state index contributed by atoms with van der Waals surface area (Å²) >= 11 is 0. The number of aliphatic carboxylic acids is 1. The minimum absolute atomic E-state index is 0.0670. The van der Waals surface area contributed by atoms with Gasteiger partial charge in [-0.3, -0.25) is 4.79 Å². The van der Waals surface area contributed by atoms with Gasteiger partial charge in [0.15, 0.2) is 21.3 Å². The highest BCUT2D eigenvalue weighted by Crippen LogP contribution is 2.35. The number of hydrogen-bond donors (Lipinski definition) is 1. The van der Waals surface area contributed by atoms with Gasteiger partial charge in [0.05, 0.1) is 29.8 Å². The Bertz CT molecular complexity index is 692. The number of ether oxygens (including phenoxy) is 2. The molecule has 1 saturated carbocycles. The van der Waals surface area contributed by atoms with Crippen molar-refractivity contribution in [3.63, 3.8) is 0 Å². The third kappa shape index (κ3) is 4.87. The van der Waals surface area contributed by atoms with Gasteiger partial charge in [0, 0.05) is 6.07 Å².